The Kier molecular flexibility index (Phi) is 5.84. The lowest BCUT2D eigenvalue weighted by Gasteiger charge is -2.31. The van der Waals surface area contributed by atoms with Gasteiger partial charge in [-0.3, -0.25) is 4.79 Å². The van der Waals surface area contributed by atoms with Gasteiger partial charge in [-0.05, 0) is 12.8 Å². The molecule has 0 unspecified atom stereocenters. The summed E-state index contributed by atoms with van der Waals surface area (Å²) in [6, 6.07) is -0.0795. The van der Waals surface area contributed by atoms with Gasteiger partial charge in [-0.1, -0.05) is 15.9 Å². The number of piperidine rings is 1. The predicted octanol–water partition coefficient (Wildman–Crippen LogP) is -0.104. The summed E-state index contributed by atoms with van der Waals surface area (Å²) >= 11 is 2.92. The quantitative estimate of drug-likeness (QED) is 0.715. The molecule has 6 nitrogen and oxygen atoms in total. The molecule has 1 rings (SSSR count). The van der Waals surface area contributed by atoms with Crippen LogP contribution in [0.4, 0.5) is 0 Å². The number of nitrogens with one attached hydrogen (secondary N) is 1. The van der Waals surface area contributed by atoms with Gasteiger partial charge >= 0.3 is 0 Å². The fraction of sp³-hybridized carbons (Fsp3) is 0.889. The summed E-state index contributed by atoms with van der Waals surface area (Å²) in [5.41, 5.74) is 0. The monoisotopic (exact) mass is 328 g/mol. The van der Waals surface area contributed by atoms with E-state index in [0.717, 1.165) is 0 Å². The van der Waals surface area contributed by atoms with E-state index in [4.69, 9.17) is 4.74 Å². The fourth-order valence-electron chi connectivity index (χ4n) is 1.75. The van der Waals surface area contributed by atoms with Crippen LogP contribution >= 0.6 is 15.9 Å². The lowest BCUT2D eigenvalue weighted by atomic mass is 10.1. The summed E-state index contributed by atoms with van der Waals surface area (Å²) < 4.78 is 29.9. The van der Waals surface area contributed by atoms with Crippen molar-refractivity contribution in [3.8, 4) is 0 Å². The Labute approximate surface area is 110 Å². The number of amides is 1. The lowest BCUT2D eigenvalue weighted by Crippen LogP contribution is -2.47. The van der Waals surface area contributed by atoms with Gasteiger partial charge in [0, 0.05) is 26.2 Å². The second-order valence-electron chi connectivity index (χ2n) is 3.93. The highest BCUT2D eigenvalue weighted by molar-refractivity contribution is 9.10. The Hall–Kier alpha value is -0.180. The van der Waals surface area contributed by atoms with E-state index in [1.54, 1.807) is 4.90 Å². The predicted molar refractivity (Wildman–Crippen MR) is 67.3 cm³/mol. The number of rotatable bonds is 5. The third-order valence-corrected chi connectivity index (χ3v) is 5.39. The molecule has 1 aliphatic heterocycles. The van der Waals surface area contributed by atoms with Gasteiger partial charge in [0.15, 0.2) is 0 Å². The number of halogens is 1. The van der Waals surface area contributed by atoms with Gasteiger partial charge in [0.25, 0.3) is 0 Å². The summed E-state index contributed by atoms with van der Waals surface area (Å²) in [4.78, 5) is 13.2. The fourth-order valence-corrected chi connectivity index (χ4v) is 2.95. The molecular formula is C9H17BrN2O4S. The zero-order chi connectivity index (χ0) is 12.9. The van der Waals surface area contributed by atoms with Crippen molar-refractivity contribution >= 4 is 31.9 Å². The number of ether oxygens (including phenoxy) is 1. The molecule has 1 saturated heterocycles. The van der Waals surface area contributed by atoms with Crippen LogP contribution in [0.25, 0.3) is 0 Å². The molecule has 1 aliphatic rings. The van der Waals surface area contributed by atoms with Gasteiger partial charge in [0.1, 0.15) is 11.3 Å². The second kappa shape index (κ2) is 6.67. The van der Waals surface area contributed by atoms with Gasteiger partial charge in [0.05, 0.1) is 0 Å². The van der Waals surface area contributed by atoms with Gasteiger partial charge < -0.3 is 9.64 Å². The number of hydrogen-bond donors (Lipinski definition) is 1. The second-order valence-corrected chi connectivity index (χ2v) is 6.99. The Bertz CT molecular complexity index is 352. The van der Waals surface area contributed by atoms with E-state index in [2.05, 4.69) is 20.7 Å². The number of nitrogens with zero attached hydrogens (tertiary/aromatic N) is 1. The Morgan fingerprint density at radius 2 is 2.06 bits per heavy atom. The molecule has 0 aromatic heterocycles. The zero-order valence-corrected chi connectivity index (χ0v) is 12.1. The topological polar surface area (TPSA) is 75.7 Å². The summed E-state index contributed by atoms with van der Waals surface area (Å²) in [5.74, 6) is -0.0469. The summed E-state index contributed by atoms with van der Waals surface area (Å²) in [6.07, 6.45) is 1.28. The van der Waals surface area contributed by atoms with Gasteiger partial charge in [-0.15, -0.1) is 0 Å². The SMILES string of the molecule is COCC(=O)N1CCC(NS(=O)(=O)CBr)CC1. The van der Waals surface area contributed by atoms with Crippen LogP contribution in [-0.4, -0.2) is 56.7 Å². The molecule has 1 N–H and O–H groups in total. The first kappa shape index (κ1) is 14.9. The largest absolute Gasteiger partial charge is 0.375 e. The first-order valence-electron chi connectivity index (χ1n) is 5.31. The van der Waals surface area contributed by atoms with Crippen LogP contribution in [0.3, 0.4) is 0 Å². The van der Waals surface area contributed by atoms with Crippen molar-refractivity contribution in [3.63, 3.8) is 0 Å². The lowest BCUT2D eigenvalue weighted by molar-refractivity contribution is -0.136. The molecule has 0 radical (unpaired) electrons. The summed E-state index contributed by atoms with van der Waals surface area (Å²) in [5, 5.41) is 0. The highest BCUT2D eigenvalue weighted by atomic mass is 79.9. The van der Waals surface area contributed by atoms with E-state index in [0.29, 0.717) is 25.9 Å². The van der Waals surface area contributed by atoms with Gasteiger partial charge in [-0.2, -0.15) is 0 Å². The molecule has 8 heteroatoms. The van der Waals surface area contributed by atoms with Crippen molar-refractivity contribution in [2.45, 2.75) is 18.9 Å². The van der Waals surface area contributed by atoms with E-state index in [-0.39, 0.29) is 23.2 Å². The number of methoxy groups -OCH3 is 1. The highest BCUT2D eigenvalue weighted by Gasteiger charge is 2.25. The summed E-state index contributed by atoms with van der Waals surface area (Å²) in [7, 11) is -1.75. The molecule has 0 aliphatic carbocycles. The van der Waals surface area contributed by atoms with Crippen molar-refractivity contribution < 1.29 is 17.9 Å². The van der Waals surface area contributed by atoms with Crippen LogP contribution in [0.2, 0.25) is 0 Å². The maximum Gasteiger partial charge on any atom is 0.248 e. The van der Waals surface area contributed by atoms with Crippen molar-refractivity contribution in [1.29, 1.82) is 0 Å². The molecule has 1 amide bonds. The highest BCUT2D eigenvalue weighted by Crippen LogP contribution is 2.12. The smallest absolute Gasteiger partial charge is 0.248 e. The zero-order valence-electron chi connectivity index (χ0n) is 9.69. The molecule has 0 atom stereocenters. The van der Waals surface area contributed by atoms with E-state index in [1.807, 2.05) is 0 Å². The van der Waals surface area contributed by atoms with Crippen LogP contribution in [0.15, 0.2) is 0 Å². The molecule has 0 spiro atoms. The summed E-state index contributed by atoms with van der Waals surface area (Å²) in [6.45, 7) is 1.22. The van der Waals surface area contributed by atoms with Gasteiger partial charge in [-0.25, -0.2) is 13.1 Å². The average molecular weight is 329 g/mol. The number of likely N-dealkylation sites (tertiary alicyclic amines) is 1. The molecule has 100 valence electrons. The van der Waals surface area contributed by atoms with Crippen LogP contribution in [0.1, 0.15) is 12.8 Å². The van der Waals surface area contributed by atoms with E-state index >= 15 is 0 Å². The number of carbonyl (C=O) groups excluding carboxylic acids is 1. The number of sulfonamides is 1. The van der Waals surface area contributed by atoms with Gasteiger partial charge in [0.2, 0.25) is 15.9 Å². The van der Waals surface area contributed by atoms with Crippen molar-refractivity contribution in [3.05, 3.63) is 0 Å². The Morgan fingerprint density at radius 1 is 1.47 bits per heavy atom. The maximum atomic E-state index is 11.5. The molecule has 1 fully saturated rings. The first-order valence-corrected chi connectivity index (χ1v) is 8.08. The Balaban J connectivity index is 2.38. The van der Waals surface area contributed by atoms with E-state index in [9.17, 15) is 13.2 Å². The van der Waals surface area contributed by atoms with Crippen LogP contribution in [-0.2, 0) is 19.6 Å². The standard InChI is InChI=1S/C9H17BrN2O4S/c1-16-6-9(13)12-4-2-8(3-5-12)11-17(14,15)7-10/h8,11H,2-7H2,1H3. The van der Waals surface area contributed by atoms with Crippen LogP contribution < -0.4 is 4.72 Å². The first-order chi connectivity index (χ1) is 7.98. The minimum absolute atomic E-state index is 0.0469. The van der Waals surface area contributed by atoms with Crippen LogP contribution in [0, 0.1) is 0 Å². The molecule has 1 heterocycles. The third kappa shape index (κ3) is 4.90. The molecule has 0 saturated carbocycles. The number of alkyl halides is 1. The van der Waals surface area contributed by atoms with Crippen molar-refractivity contribution in [2.75, 3.05) is 31.5 Å². The Morgan fingerprint density at radius 3 is 2.53 bits per heavy atom. The maximum absolute atomic E-state index is 11.5. The number of hydrogen-bond acceptors (Lipinski definition) is 4. The van der Waals surface area contributed by atoms with Crippen LogP contribution in [0.5, 0.6) is 0 Å². The third-order valence-electron chi connectivity index (χ3n) is 2.61. The molecule has 17 heavy (non-hydrogen) atoms. The average Bonchev–Trinajstić information content (AvgIpc) is 2.30. The number of carbonyl (C=O) groups is 1. The van der Waals surface area contributed by atoms with Crippen molar-refractivity contribution in [2.24, 2.45) is 0 Å². The minimum Gasteiger partial charge on any atom is -0.375 e. The molecular weight excluding hydrogens is 312 g/mol. The molecule has 0 aromatic carbocycles. The molecule has 0 bridgehead atoms. The van der Waals surface area contributed by atoms with E-state index < -0.39 is 10.0 Å². The normalized spacial score (nSPS) is 18.4. The minimum atomic E-state index is -3.23. The van der Waals surface area contributed by atoms with Crippen molar-refractivity contribution in [1.82, 2.24) is 9.62 Å². The molecule has 0 aromatic rings. The van der Waals surface area contributed by atoms with E-state index in [1.165, 1.54) is 7.11 Å².